The molecule has 1 amide bonds. The summed E-state index contributed by atoms with van der Waals surface area (Å²) >= 11 is 13.1. The topological polar surface area (TPSA) is 70.8 Å². The van der Waals surface area contributed by atoms with Crippen molar-refractivity contribution in [2.45, 2.75) is 39.4 Å². The summed E-state index contributed by atoms with van der Waals surface area (Å²) in [5.74, 6) is 3.45. The number of amides is 1. The Morgan fingerprint density at radius 2 is 1.92 bits per heavy atom. The lowest BCUT2D eigenvalue weighted by atomic mass is 10.0. The highest BCUT2D eigenvalue weighted by Crippen LogP contribution is 2.33. The van der Waals surface area contributed by atoms with Crippen molar-refractivity contribution < 1.29 is 22.2 Å². The first-order chi connectivity index (χ1) is 17.1. The van der Waals surface area contributed by atoms with Crippen LogP contribution in [0.1, 0.15) is 45.5 Å². The van der Waals surface area contributed by atoms with Crippen LogP contribution in [0.4, 0.5) is 13.2 Å². The molecule has 1 aromatic carbocycles. The molecule has 0 bridgehead atoms. The standard InChI is InChI=1S/C24H26Cl2F3N5O2S/c1-13-10-20(24(27,28)29)31-34-15(3)19(30-22(13)34)11-17-18(25)7-6-16(21(17)26)23(35)32-8-9-33(14(2)12-32)37(4,5)36/h6-7,10,14H,4,8-9,11-12H2,1-3,5H3/t14-,37?/m1/s1. The average molecular weight is 576 g/mol. The van der Waals surface area contributed by atoms with Crippen LogP contribution in [0, 0.1) is 13.8 Å². The van der Waals surface area contributed by atoms with Gasteiger partial charge in [0.15, 0.2) is 11.3 Å². The number of hydrogen-bond donors (Lipinski definition) is 0. The van der Waals surface area contributed by atoms with Gasteiger partial charge in [0.25, 0.3) is 5.91 Å². The maximum absolute atomic E-state index is 13.4. The first kappa shape index (κ1) is 27.7. The third-order valence-electron chi connectivity index (χ3n) is 6.49. The number of nitrogens with zero attached hydrogens (tertiary/aromatic N) is 5. The summed E-state index contributed by atoms with van der Waals surface area (Å²) in [4.78, 5) is 19.5. The Balaban J connectivity index is 1.66. The van der Waals surface area contributed by atoms with Gasteiger partial charge in [-0.1, -0.05) is 23.2 Å². The number of benzene rings is 1. The number of carbonyl (C=O) groups is 1. The number of aromatic nitrogens is 3. The zero-order valence-electron chi connectivity index (χ0n) is 20.7. The van der Waals surface area contributed by atoms with Crippen molar-refractivity contribution in [2.24, 2.45) is 0 Å². The normalized spacial score (nSPS) is 18.8. The summed E-state index contributed by atoms with van der Waals surface area (Å²) < 4.78 is 55.2. The molecule has 0 N–H and O–H groups in total. The van der Waals surface area contributed by atoms with E-state index in [0.717, 1.165) is 6.07 Å². The van der Waals surface area contributed by atoms with E-state index < -0.39 is 21.6 Å². The van der Waals surface area contributed by atoms with Crippen molar-refractivity contribution in [3.05, 3.63) is 62.0 Å². The van der Waals surface area contributed by atoms with E-state index in [9.17, 15) is 22.2 Å². The molecule has 2 aromatic heterocycles. The number of fused-ring (bicyclic) bond motifs is 1. The summed E-state index contributed by atoms with van der Waals surface area (Å²) in [6.45, 7) is 6.16. The van der Waals surface area contributed by atoms with Crippen molar-refractivity contribution in [3.63, 3.8) is 0 Å². The second-order valence-corrected chi connectivity index (χ2v) is 12.5. The Kier molecular flexibility index (Phi) is 7.30. The van der Waals surface area contributed by atoms with E-state index in [0.29, 0.717) is 52.8 Å². The number of carbonyl (C=O) groups excluding carboxylic acids is 1. The molecule has 0 saturated carbocycles. The number of imidazole rings is 1. The first-order valence-electron chi connectivity index (χ1n) is 11.4. The highest BCUT2D eigenvalue weighted by Gasteiger charge is 2.34. The molecule has 3 heterocycles. The second kappa shape index (κ2) is 9.76. The minimum Gasteiger partial charge on any atom is -0.336 e. The van der Waals surface area contributed by atoms with Crippen LogP contribution in [0.2, 0.25) is 10.0 Å². The number of piperazine rings is 1. The highest BCUT2D eigenvalue weighted by atomic mass is 35.5. The largest absolute Gasteiger partial charge is 0.435 e. The van der Waals surface area contributed by atoms with E-state index in [1.54, 1.807) is 34.5 Å². The van der Waals surface area contributed by atoms with Crippen LogP contribution < -0.4 is 0 Å². The number of halogens is 5. The maximum atomic E-state index is 13.4. The van der Waals surface area contributed by atoms with Gasteiger partial charge in [0.05, 0.1) is 22.0 Å². The molecule has 200 valence electrons. The predicted molar refractivity (Wildman–Crippen MR) is 140 cm³/mol. The smallest absolute Gasteiger partial charge is 0.336 e. The van der Waals surface area contributed by atoms with Gasteiger partial charge in [-0.2, -0.15) is 18.3 Å². The Labute approximate surface area is 223 Å². The fourth-order valence-electron chi connectivity index (χ4n) is 4.59. The molecule has 1 fully saturated rings. The van der Waals surface area contributed by atoms with Crippen molar-refractivity contribution in [3.8, 4) is 0 Å². The quantitative estimate of drug-likeness (QED) is 0.424. The summed E-state index contributed by atoms with van der Waals surface area (Å²) in [6.07, 6.45) is -2.93. The van der Waals surface area contributed by atoms with E-state index in [2.05, 4.69) is 16.0 Å². The van der Waals surface area contributed by atoms with Crippen LogP contribution in [0.15, 0.2) is 18.2 Å². The molecular formula is C24H26Cl2F3N5O2S. The van der Waals surface area contributed by atoms with E-state index in [-0.39, 0.29) is 29.0 Å². The number of aryl methyl sites for hydroxylation is 2. The molecule has 4 rings (SSSR count). The highest BCUT2D eigenvalue weighted by molar-refractivity contribution is 7.97. The van der Waals surface area contributed by atoms with Crippen LogP contribution in [-0.2, 0) is 22.3 Å². The molecule has 2 atom stereocenters. The van der Waals surface area contributed by atoms with Crippen LogP contribution in [-0.4, -0.2) is 71.7 Å². The zero-order chi connectivity index (χ0) is 27.4. The van der Waals surface area contributed by atoms with Crippen molar-refractivity contribution in [1.29, 1.82) is 0 Å². The van der Waals surface area contributed by atoms with Crippen molar-refractivity contribution in [1.82, 2.24) is 23.8 Å². The van der Waals surface area contributed by atoms with Gasteiger partial charge in [-0.05, 0) is 56.0 Å². The lowest BCUT2D eigenvalue weighted by Crippen LogP contribution is -2.55. The number of alkyl halides is 3. The van der Waals surface area contributed by atoms with E-state index in [4.69, 9.17) is 23.2 Å². The van der Waals surface area contributed by atoms with E-state index in [1.807, 2.05) is 6.92 Å². The molecule has 3 aromatic rings. The van der Waals surface area contributed by atoms with Crippen LogP contribution >= 0.6 is 23.2 Å². The molecular weight excluding hydrogens is 550 g/mol. The van der Waals surface area contributed by atoms with Crippen LogP contribution in [0.3, 0.4) is 0 Å². The Bertz CT molecular complexity index is 1500. The third kappa shape index (κ3) is 5.32. The van der Waals surface area contributed by atoms with Gasteiger partial charge in [0, 0.05) is 53.1 Å². The van der Waals surface area contributed by atoms with Gasteiger partial charge in [0.1, 0.15) is 0 Å². The molecule has 0 radical (unpaired) electrons. The maximum Gasteiger partial charge on any atom is 0.435 e. The van der Waals surface area contributed by atoms with E-state index >= 15 is 0 Å². The third-order valence-corrected chi connectivity index (χ3v) is 8.81. The van der Waals surface area contributed by atoms with Crippen LogP contribution in [0.25, 0.3) is 5.65 Å². The Morgan fingerprint density at radius 1 is 1.24 bits per heavy atom. The number of rotatable bonds is 4. The fraction of sp³-hybridized carbons (Fsp3) is 0.417. The van der Waals surface area contributed by atoms with Crippen molar-refractivity contribution >= 4 is 50.3 Å². The van der Waals surface area contributed by atoms with Gasteiger partial charge in [-0.3, -0.25) is 9.00 Å². The molecule has 0 aliphatic carbocycles. The SMILES string of the molecule is C=S(C)(=O)N1CCN(C(=O)c2ccc(Cl)c(Cc3nc4c(C)cc(C(F)(F)F)nn4c3C)c2Cl)C[C@H]1C. The molecule has 0 spiro atoms. The number of hydrogen-bond acceptors (Lipinski definition) is 4. The van der Waals surface area contributed by atoms with Gasteiger partial charge in [-0.15, -0.1) is 0 Å². The van der Waals surface area contributed by atoms with Gasteiger partial charge < -0.3 is 4.90 Å². The predicted octanol–water partition coefficient (Wildman–Crippen LogP) is 4.67. The van der Waals surface area contributed by atoms with Crippen molar-refractivity contribution in [2.75, 3.05) is 25.9 Å². The molecule has 13 heteroatoms. The monoisotopic (exact) mass is 575 g/mol. The molecule has 7 nitrogen and oxygen atoms in total. The van der Waals surface area contributed by atoms with Gasteiger partial charge in [-0.25, -0.2) is 13.8 Å². The second-order valence-electron chi connectivity index (χ2n) is 9.35. The lowest BCUT2D eigenvalue weighted by molar-refractivity contribution is -0.141. The van der Waals surface area contributed by atoms with Crippen LogP contribution in [0.5, 0.6) is 0 Å². The fourth-order valence-corrected chi connectivity index (χ4v) is 6.47. The first-order valence-corrected chi connectivity index (χ1v) is 14.2. The Morgan fingerprint density at radius 3 is 2.51 bits per heavy atom. The summed E-state index contributed by atoms with van der Waals surface area (Å²) in [7, 11) is -2.40. The Hall–Kier alpha value is -2.34. The molecule has 1 aliphatic rings. The molecule has 1 aliphatic heterocycles. The minimum absolute atomic E-state index is 0.0956. The molecule has 1 unspecified atom stereocenters. The average Bonchev–Trinajstić information content (AvgIpc) is 3.10. The zero-order valence-corrected chi connectivity index (χ0v) is 23.0. The minimum atomic E-state index is -4.60. The summed E-state index contributed by atoms with van der Waals surface area (Å²) in [6, 6.07) is 3.92. The van der Waals surface area contributed by atoms with Gasteiger partial charge in [0.2, 0.25) is 0 Å². The molecule has 37 heavy (non-hydrogen) atoms. The summed E-state index contributed by atoms with van der Waals surface area (Å²) in [5.41, 5.74) is 1.15. The van der Waals surface area contributed by atoms with Gasteiger partial charge >= 0.3 is 6.18 Å². The van der Waals surface area contributed by atoms with E-state index in [1.165, 1.54) is 11.4 Å². The lowest BCUT2D eigenvalue weighted by Gasteiger charge is -2.40. The molecule has 1 saturated heterocycles. The summed E-state index contributed by atoms with van der Waals surface area (Å²) in [5, 5.41) is 4.18.